The van der Waals surface area contributed by atoms with E-state index in [9.17, 15) is 4.79 Å². The number of thioether (sulfide) groups is 1. The standard InChI is InChI=1S/C11H16OS2/c1-3-9(7-11(12)14-4-2)10-5-6-13-8-10/h5-6,8-9H,3-4,7H2,1-2H3/t9-/m1/s1. The summed E-state index contributed by atoms with van der Waals surface area (Å²) in [6.07, 6.45) is 1.73. The molecule has 14 heavy (non-hydrogen) atoms. The van der Waals surface area contributed by atoms with Gasteiger partial charge in [0, 0.05) is 6.42 Å². The highest BCUT2D eigenvalue weighted by Crippen LogP contribution is 2.27. The predicted octanol–water partition coefficient (Wildman–Crippen LogP) is 3.91. The minimum Gasteiger partial charge on any atom is -0.287 e. The smallest absolute Gasteiger partial charge is 0.189 e. The molecule has 0 N–H and O–H groups in total. The van der Waals surface area contributed by atoms with E-state index in [1.165, 1.54) is 17.3 Å². The Hall–Kier alpha value is -0.280. The fraction of sp³-hybridized carbons (Fsp3) is 0.545. The van der Waals surface area contributed by atoms with Crippen LogP contribution in [0.1, 0.15) is 38.2 Å². The van der Waals surface area contributed by atoms with Crippen LogP contribution >= 0.6 is 23.1 Å². The van der Waals surface area contributed by atoms with Crippen LogP contribution in [0.3, 0.4) is 0 Å². The van der Waals surface area contributed by atoms with Gasteiger partial charge in [-0.3, -0.25) is 4.79 Å². The highest BCUT2D eigenvalue weighted by Gasteiger charge is 2.14. The molecule has 0 aliphatic heterocycles. The molecule has 0 aliphatic carbocycles. The average Bonchev–Trinajstić information content (AvgIpc) is 2.67. The van der Waals surface area contributed by atoms with E-state index < -0.39 is 0 Å². The fourth-order valence-corrected chi connectivity index (χ4v) is 2.81. The third-order valence-corrected chi connectivity index (χ3v) is 3.70. The SMILES string of the molecule is CCSC(=O)C[C@@H](CC)c1ccsc1. The van der Waals surface area contributed by atoms with Crippen molar-refractivity contribution in [2.75, 3.05) is 5.75 Å². The van der Waals surface area contributed by atoms with E-state index in [0.29, 0.717) is 17.5 Å². The van der Waals surface area contributed by atoms with Crippen molar-refractivity contribution >= 4 is 28.2 Å². The molecule has 1 aromatic heterocycles. The monoisotopic (exact) mass is 228 g/mol. The van der Waals surface area contributed by atoms with Crippen molar-refractivity contribution < 1.29 is 4.79 Å². The van der Waals surface area contributed by atoms with Crippen LogP contribution in [0, 0.1) is 0 Å². The van der Waals surface area contributed by atoms with E-state index in [0.717, 1.165) is 12.2 Å². The summed E-state index contributed by atoms with van der Waals surface area (Å²) in [4.78, 5) is 11.5. The quantitative estimate of drug-likeness (QED) is 0.760. The molecule has 1 heterocycles. The second kappa shape index (κ2) is 6.25. The lowest BCUT2D eigenvalue weighted by Crippen LogP contribution is -2.02. The van der Waals surface area contributed by atoms with Crippen molar-refractivity contribution in [2.24, 2.45) is 0 Å². The van der Waals surface area contributed by atoms with Gasteiger partial charge < -0.3 is 0 Å². The minimum atomic E-state index is 0.325. The van der Waals surface area contributed by atoms with Gasteiger partial charge >= 0.3 is 0 Å². The van der Waals surface area contributed by atoms with Crippen molar-refractivity contribution in [1.82, 2.24) is 0 Å². The molecule has 0 aliphatic rings. The summed E-state index contributed by atoms with van der Waals surface area (Å²) in [5, 5.41) is 4.55. The Morgan fingerprint density at radius 2 is 2.36 bits per heavy atom. The number of hydrogen-bond acceptors (Lipinski definition) is 3. The molecule has 0 bridgehead atoms. The van der Waals surface area contributed by atoms with E-state index in [-0.39, 0.29) is 0 Å². The topological polar surface area (TPSA) is 17.1 Å². The van der Waals surface area contributed by atoms with Crippen molar-refractivity contribution in [3.63, 3.8) is 0 Å². The molecule has 3 heteroatoms. The van der Waals surface area contributed by atoms with Gasteiger partial charge in [-0.15, -0.1) is 0 Å². The maximum absolute atomic E-state index is 11.5. The summed E-state index contributed by atoms with van der Waals surface area (Å²) in [5.41, 5.74) is 1.32. The van der Waals surface area contributed by atoms with Gasteiger partial charge in [0.25, 0.3) is 0 Å². The molecule has 0 amide bonds. The number of carbonyl (C=O) groups is 1. The number of rotatable bonds is 5. The molecule has 1 rings (SSSR count). The first-order chi connectivity index (χ1) is 6.77. The Balaban J connectivity index is 2.51. The van der Waals surface area contributed by atoms with E-state index in [2.05, 4.69) is 23.8 Å². The lowest BCUT2D eigenvalue weighted by molar-refractivity contribution is -0.111. The normalized spacial score (nSPS) is 12.7. The molecule has 0 saturated heterocycles. The zero-order chi connectivity index (χ0) is 10.4. The zero-order valence-electron chi connectivity index (χ0n) is 8.66. The van der Waals surface area contributed by atoms with Crippen LogP contribution in [0.5, 0.6) is 0 Å². The van der Waals surface area contributed by atoms with Crippen LogP contribution < -0.4 is 0 Å². The van der Waals surface area contributed by atoms with E-state index in [1.807, 2.05) is 6.92 Å². The summed E-state index contributed by atoms with van der Waals surface area (Å²) < 4.78 is 0. The summed E-state index contributed by atoms with van der Waals surface area (Å²) in [6, 6.07) is 2.13. The molecular formula is C11H16OS2. The van der Waals surface area contributed by atoms with Crippen LogP contribution in [-0.4, -0.2) is 10.9 Å². The van der Waals surface area contributed by atoms with Gasteiger partial charge in [0.2, 0.25) is 0 Å². The molecule has 1 atom stereocenters. The van der Waals surface area contributed by atoms with Gasteiger partial charge in [0.15, 0.2) is 5.12 Å². The van der Waals surface area contributed by atoms with E-state index >= 15 is 0 Å². The minimum absolute atomic E-state index is 0.325. The third kappa shape index (κ3) is 3.46. The molecule has 0 radical (unpaired) electrons. The Morgan fingerprint density at radius 1 is 1.57 bits per heavy atom. The van der Waals surface area contributed by atoms with Crippen LogP contribution in [0.2, 0.25) is 0 Å². The van der Waals surface area contributed by atoms with Gasteiger partial charge in [-0.1, -0.05) is 25.6 Å². The second-order valence-electron chi connectivity index (χ2n) is 3.17. The van der Waals surface area contributed by atoms with Gasteiger partial charge in [0.05, 0.1) is 0 Å². The van der Waals surface area contributed by atoms with Crippen LogP contribution in [-0.2, 0) is 4.79 Å². The third-order valence-electron chi connectivity index (χ3n) is 2.23. The largest absolute Gasteiger partial charge is 0.287 e. The Bertz CT molecular complexity index is 267. The van der Waals surface area contributed by atoms with Crippen molar-refractivity contribution in [3.8, 4) is 0 Å². The van der Waals surface area contributed by atoms with Gasteiger partial charge in [-0.25, -0.2) is 0 Å². The van der Waals surface area contributed by atoms with Crippen molar-refractivity contribution in [3.05, 3.63) is 22.4 Å². The van der Waals surface area contributed by atoms with Gasteiger partial charge in [-0.2, -0.15) is 11.3 Å². The maximum Gasteiger partial charge on any atom is 0.189 e. The van der Waals surface area contributed by atoms with Crippen LogP contribution in [0.4, 0.5) is 0 Å². The molecule has 0 spiro atoms. The molecule has 0 saturated carbocycles. The van der Waals surface area contributed by atoms with Crippen LogP contribution in [0.25, 0.3) is 0 Å². The van der Waals surface area contributed by atoms with E-state index in [1.54, 1.807) is 11.3 Å². The first-order valence-corrected chi connectivity index (χ1v) is 6.88. The average molecular weight is 228 g/mol. The Morgan fingerprint density at radius 3 is 2.86 bits per heavy atom. The van der Waals surface area contributed by atoms with Crippen molar-refractivity contribution in [2.45, 2.75) is 32.6 Å². The predicted molar refractivity (Wildman–Crippen MR) is 65.1 cm³/mol. The van der Waals surface area contributed by atoms with Gasteiger partial charge in [0.1, 0.15) is 0 Å². The molecule has 1 nitrogen and oxygen atoms in total. The highest BCUT2D eigenvalue weighted by molar-refractivity contribution is 8.13. The summed E-state index contributed by atoms with van der Waals surface area (Å²) in [7, 11) is 0. The lowest BCUT2D eigenvalue weighted by atomic mass is 9.96. The summed E-state index contributed by atoms with van der Waals surface area (Å²) >= 11 is 3.14. The maximum atomic E-state index is 11.5. The molecule has 78 valence electrons. The molecule has 0 fully saturated rings. The highest BCUT2D eigenvalue weighted by atomic mass is 32.2. The Labute approximate surface area is 93.9 Å². The Kier molecular flexibility index (Phi) is 5.26. The molecule has 0 unspecified atom stereocenters. The molecular weight excluding hydrogens is 212 g/mol. The molecule has 0 aromatic carbocycles. The number of hydrogen-bond donors (Lipinski definition) is 0. The summed E-state index contributed by atoms with van der Waals surface area (Å²) in [5.74, 6) is 1.31. The van der Waals surface area contributed by atoms with Crippen molar-refractivity contribution in [1.29, 1.82) is 0 Å². The van der Waals surface area contributed by atoms with Crippen LogP contribution in [0.15, 0.2) is 16.8 Å². The molecule has 1 aromatic rings. The lowest BCUT2D eigenvalue weighted by Gasteiger charge is -2.11. The first kappa shape index (κ1) is 11.8. The second-order valence-corrected chi connectivity index (χ2v) is 5.27. The van der Waals surface area contributed by atoms with Gasteiger partial charge in [-0.05, 0) is 40.5 Å². The first-order valence-electron chi connectivity index (χ1n) is 4.95. The summed E-state index contributed by atoms with van der Waals surface area (Å²) in [6.45, 7) is 4.17. The fourth-order valence-electron chi connectivity index (χ4n) is 1.43. The number of thiophene rings is 1. The zero-order valence-corrected chi connectivity index (χ0v) is 10.3. The number of carbonyl (C=O) groups excluding carboxylic acids is 1. The van der Waals surface area contributed by atoms with E-state index in [4.69, 9.17) is 0 Å².